The summed E-state index contributed by atoms with van der Waals surface area (Å²) in [6.45, 7) is 2.43. The fourth-order valence-corrected chi connectivity index (χ4v) is 3.96. The van der Waals surface area contributed by atoms with Crippen LogP contribution < -0.4 is 9.47 Å². The summed E-state index contributed by atoms with van der Waals surface area (Å²) in [5.74, 6) is 2.12. The van der Waals surface area contributed by atoms with Crippen molar-refractivity contribution in [3.8, 4) is 17.6 Å². The Labute approximate surface area is 168 Å². The van der Waals surface area contributed by atoms with Crippen LogP contribution in [0.4, 0.5) is 0 Å². The third kappa shape index (κ3) is 3.82. The van der Waals surface area contributed by atoms with Crippen LogP contribution in [0, 0.1) is 18.3 Å². The summed E-state index contributed by atoms with van der Waals surface area (Å²) in [5.41, 5.74) is 2.34. The van der Waals surface area contributed by atoms with E-state index in [4.69, 9.17) is 9.47 Å². The summed E-state index contributed by atoms with van der Waals surface area (Å²) in [6.07, 6.45) is 0.319. The molecule has 3 aromatic rings. The number of rotatable bonds is 5. The summed E-state index contributed by atoms with van der Waals surface area (Å²) in [7, 11) is 1.89. The summed E-state index contributed by atoms with van der Waals surface area (Å²) in [6, 6.07) is 18.2. The molecule has 0 spiro atoms. The molecule has 6 nitrogen and oxygen atoms in total. The predicted molar refractivity (Wildman–Crippen MR) is 106 cm³/mol. The van der Waals surface area contributed by atoms with Crippen LogP contribution in [0.2, 0.25) is 0 Å². The van der Waals surface area contributed by atoms with Crippen molar-refractivity contribution in [1.29, 1.82) is 5.26 Å². The van der Waals surface area contributed by atoms with Crippen LogP contribution in [-0.2, 0) is 13.5 Å². The van der Waals surface area contributed by atoms with Crippen LogP contribution in [0.1, 0.15) is 23.1 Å². The number of aromatic nitrogens is 3. The van der Waals surface area contributed by atoms with Gasteiger partial charge in [0, 0.05) is 7.05 Å². The average molecular weight is 392 g/mol. The van der Waals surface area contributed by atoms with Crippen LogP contribution >= 0.6 is 11.8 Å². The molecule has 4 rings (SSSR count). The Hall–Kier alpha value is -2.98. The van der Waals surface area contributed by atoms with Crippen molar-refractivity contribution in [1.82, 2.24) is 14.8 Å². The van der Waals surface area contributed by atoms with Gasteiger partial charge in [-0.3, -0.25) is 0 Å². The van der Waals surface area contributed by atoms with Crippen LogP contribution in [0.3, 0.4) is 0 Å². The Bertz CT molecular complexity index is 1010. The molecule has 0 N–H and O–H groups in total. The van der Waals surface area contributed by atoms with Gasteiger partial charge in [-0.1, -0.05) is 53.7 Å². The molecule has 1 aromatic heterocycles. The number of para-hydroxylation sites is 2. The SMILES string of the molecule is Cc1ccc(C[C@H](C#N)Sc2nnc([C@H]3COc4ccccc4O3)n2C)cc1. The quantitative estimate of drug-likeness (QED) is 0.614. The average Bonchev–Trinajstić information content (AvgIpc) is 3.09. The Balaban J connectivity index is 1.47. The first kappa shape index (κ1) is 18.4. The predicted octanol–water partition coefficient (Wildman–Crippen LogP) is 3.86. The second-order valence-corrected chi connectivity index (χ2v) is 7.86. The Morgan fingerprint density at radius 1 is 1.18 bits per heavy atom. The van der Waals surface area contributed by atoms with E-state index in [0.717, 1.165) is 11.3 Å². The number of thioether (sulfide) groups is 1. The highest BCUT2D eigenvalue weighted by molar-refractivity contribution is 8.00. The zero-order chi connectivity index (χ0) is 19.5. The number of ether oxygens (including phenoxy) is 2. The molecule has 0 saturated heterocycles. The van der Waals surface area contributed by atoms with Gasteiger partial charge in [-0.2, -0.15) is 5.26 Å². The Kier molecular flexibility index (Phi) is 5.22. The molecule has 0 aliphatic carbocycles. The molecule has 0 amide bonds. The molecule has 0 bridgehead atoms. The number of nitrogens with zero attached hydrogens (tertiary/aromatic N) is 4. The maximum absolute atomic E-state index is 9.59. The number of benzene rings is 2. The van der Waals surface area contributed by atoms with E-state index in [9.17, 15) is 5.26 Å². The normalized spacial score (nSPS) is 16.4. The lowest BCUT2D eigenvalue weighted by Crippen LogP contribution is -2.24. The third-order valence-electron chi connectivity index (χ3n) is 4.60. The number of fused-ring (bicyclic) bond motifs is 1. The van der Waals surface area contributed by atoms with Gasteiger partial charge in [-0.05, 0) is 31.0 Å². The van der Waals surface area contributed by atoms with Gasteiger partial charge in [-0.25, -0.2) is 0 Å². The van der Waals surface area contributed by atoms with E-state index in [-0.39, 0.29) is 11.4 Å². The van der Waals surface area contributed by atoms with E-state index in [1.165, 1.54) is 17.3 Å². The second kappa shape index (κ2) is 7.95. The molecule has 2 atom stereocenters. The standard InChI is InChI=1S/C21H20N4O2S/c1-14-7-9-15(10-8-14)11-16(12-22)28-21-24-23-20(25(21)2)19-13-26-17-5-3-4-6-18(17)27-19/h3-10,16,19H,11,13H2,1-2H3/t16-,19-/m1/s1. The fourth-order valence-electron chi connectivity index (χ4n) is 3.04. The minimum atomic E-state index is -0.334. The first-order valence-electron chi connectivity index (χ1n) is 9.03. The maximum Gasteiger partial charge on any atom is 0.192 e. The molecule has 142 valence electrons. The van der Waals surface area contributed by atoms with E-state index in [2.05, 4.69) is 47.5 Å². The van der Waals surface area contributed by atoms with Crippen molar-refractivity contribution >= 4 is 11.8 Å². The highest BCUT2D eigenvalue weighted by atomic mass is 32.2. The van der Waals surface area contributed by atoms with Gasteiger partial charge < -0.3 is 14.0 Å². The van der Waals surface area contributed by atoms with Gasteiger partial charge in [0.25, 0.3) is 0 Å². The Morgan fingerprint density at radius 2 is 1.93 bits per heavy atom. The lowest BCUT2D eigenvalue weighted by atomic mass is 10.1. The lowest BCUT2D eigenvalue weighted by molar-refractivity contribution is 0.0825. The zero-order valence-electron chi connectivity index (χ0n) is 15.7. The molecule has 0 saturated carbocycles. The van der Waals surface area contributed by atoms with E-state index in [1.807, 2.05) is 35.9 Å². The van der Waals surface area contributed by atoms with E-state index in [1.54, 1.807) is 0 Å². The fraction of sp³-hybridized carbons (Fsp3) is 0.286. The zero-order valence-corrected chi connectivity index (χ0v) is 16.5. The van der Waals surface area contributed by atoms with Crippen molar-refractivity contribution in [3.05, 3.63) is 65.5 Å². The van der Waals surface area contributed by atoms with E-state index < -0.39 is 0 Å². The molecular weight excluding hydrogens is 372 g/mol. The van der Waals surface area contributed by atoms with Crippen LogP contribution in [-0.4, -0.2) is 26.6 Å². The van der Waals surface area contributed by atoms with Crippen molar-refractivity contribution in [2.45, 2.75) is 29.9 Å². The van der Waals surface area contributed by atoms with Crippen LogP contribution in [0.5, 0.6) is 11.5 Å². The molecule has 28 heavy (non-hydrogen) atoms. The molecule has 0 unspecified atom stereocenters. The topological polar surface area (TPSA) is 73.0 Å². The molecule has 1 aliphatic rings. The summed E-state index contributed by atoms with van der Waals surface area (Å²) in [4.78, 5) is 0. The monoisotopic (exact) mass is 392 g/mol. The largest absolute Gasteiger partial charge is 0.485 e. The number of nitriles is 1. The van der Waals surface area contributed by atoms with Crippen molar-refractivity contribution in [2.24, 2.45) is 7.05 Å². The number of hydrogen-bond donors (Lipinski definition) is 0. The molecule has 0 radical (unpaired) electrons. The van der Waals surface area contributed by atoms with Crippen LogP contribution in [0.15, 0.2) is 53.7 Å². The smallest absolute Gasteiger partial charge is 0.192 e. The summed E-state index contributed by atoms with van der Waals surface area (Å²) >= 11 is 1.42. The molecular formula is C21H20N4O2S. The highest BCUT2D eigenvalue weighted by Crippen LogP contribution is 2.36. The van der Waals surface area contributed by atoms with E-state index in [0.29, 0.717) is 29.8 Å². The highest BCUT2D eigenvalue weighted by Gasteiger charge is 2.28. The first-order chi connectivity index (χ1) is 13.6. The molecule has 2 heterocycles. The van der Waals surface area contributed by atoms with Gasteiger partial charge in [0.15, 0.2) is 28.6 Å². The van der Waals surface area contributed by atoms with Gasteiger partial charge in [0.1, 0.15) is 11.9 Å². The minimum absolute atomic E-state index is 0.247. The van der Waals surface area contributed by atoms with Gasteiger partial charge in [-0.15, -0.1) is 10.2 Å². The van der Waals surface area contributed by atoms with Crippen molar-refractivity contribution in [2.75, 3.05) is 6.61 Å². The molecule has 7 heteroatoms. The summed E-state index contributed by atoms with van der Waals surface area (Å²) in [5, 5.41) is 18.6. The molecule has 2 aromatic carbocycles. The third-order valence-corrected chi connectivity index (χ3v) is 5.72. The first-order valence-corrected chi connectivity index (χ1v) is 9.91. The van der Waals surface area contributed by atoms with Gasteiger partial charge >= 0.3 is 0 Å². The molecule has 0 fully saturated rings. The van der Waals surface area contributed by atoms with Gasteiger partial charge in [0.05, 0.1) is 6.07 Å². The molecule has 1 aliphatic heterocycles. The van der Waals surface area contributed by atoms with E-state index >= 15 is 0 Å². The number of aryl methyl sites for hydroxylation is 1. The van der Waals surface area contributed by atoms with Gasteiger partial charge in [0.2, 0.25) is 0 Å². The maximum atomic E-state index is 9.59. The van der Waals surface area contributed by atoms with Crippen LogP contribution in [0.25, 0.3) is 0 Å². The lowest BCUT2D eigenvalue weighted by Gasteiger charge is -2.25. The van der Waals surface area contributed by atoms with Crippen molar-refractivity contribution < 1.29 is 9.47 Å². The summed E-state index contributed by atoms with van der Waals surface area (Å²) < 4.78 is 13.7. The second-order valence-electron chi connectivity index (χ2n) is 6.69. The Morgan fingerprint density at radius 3 is 2.68 bits per heavy atom. The number of hydrogen-bond acceptors (Lipinski definition) is 6. The minimum Gasteiger partial charge on any atom is -0.485 e. The van der Waals surface area contributed by atoms with Crippen molar-refractivity contribution in [3.63, 3.8) is 0 Å².